The molecule has 5 heteroatoms. The minimum Gasteiger partial charge on any atom is -0.382 e. The van der Waals surface area contributed by atoms with Gasteiger partial charge in [-0.05, 0) is 69.2 Å². The van der Waals surface area contributed by atoms with Crippen LogP contribution in [0.25, 0.3) is 0 Å². The molecule has 1 heterocycles. The smallest absolute Gasteiger partial charge is 0.240 e. The van der Waals surface area contributed by atoms with Gasteiger partial charge in [0.15, 0.2) is 0 Å². The molecule has 0 saturated carbocycles. The zero-order chi connectivity index (χ0) is 15.6. The quantitative estimate of drug-likeness (QED) is 0.819. The van der Waals surface area contributed by atoms with Crippen molar-refractivity contribution in [2.45, 2.75) is 56.4 Å². The average molecular weight is 320 g/mol. The van der Waals surface area contributed by atoms with E-state index in [1.165, 1.54) is 18.4 Å². The molecule has 2 N–H and O–H groups in total. The van der Waals surface area contributed by atoms with E-state index >= 15 is 0 Å². The van der Waals surface area contributed by atoms with E-state index in [0.29, 0.717) is 17.5 Å². The first-order chi connectivity index (χ1) is 10.5. The van der Waals surface area contributed by atoms with E-state index in [1.54, 1.807) is 12.1 Å². The van der Waals surface area contributed by atoms with E-state index in [9.17, 15) is 8.42 Å². The maximum Gasteiger partial charge on any atom is 0.240 e. The molecule has 1 aliphatic carbocycles. The van der Waals surface area contributed by atoms with E-state index < -0.39 is 10.0 Å². The first kappa shape index (κ1) is 15.6. The Balaban J connectivity index is 1.63. The van der Waals surface area contributed by atoms with Gasteiger partial charge in [-0.25, -0.2) is 13.1 Å². The molecule has 0 bridgehead atoms. The number of hydrogen-bond donors (Lipinski definition) is 2. The second kappa shape index (κ2) is 6.42. The van der Waals surface area contributed by atoms with E-state index in [0.717, 1.165) is 36.9 Å². The van der Waals surface area contributed by atoms with Gasteiger partial charge in [0.05, 0.1) is 4.90 Å². The number of hydrogen-bond acceptors (Lipinski definition) is 3. The van der Waals surface area contributed by atoms with Gasteiger partial charge >= 0.3 is 0 Å². The predicted octanol–water partition coefficient (Wildman–Crippen LogP) is 3.21. The molecule has 22 heavy (non-hydrogen) atoms. The van der Waals surface area contributed by atoms with Crippen LogP contribution in [0.1, 0.15) is 44.6 Å². The Morgan fingerprint density at radius 2 is 2.18 bits per heavy atom. The Hall–Kier alpha value is -1.33. The highest BCUT2D eigenvalue weighted by Crippen LogP contribution is 2.28. The zero-order valence-corrected chi connectivity index (χ0v) is 13.9. The molecule has 1 atom stereocenters. The van der Waals surface area contributed by atoms with Crippen LogP contribution < -0.4 is 10.0 Å². The number of nitrogens with one attached hydrogen (secondary N) is 2. The summed E-state index contributed by atoms with van der Waals surface area (Å²) in [6.07, 6.45) is 8.71. The van der Waals surface area contributed by atoms with Crippen molar-refractivity contribution in [2.75, 3.05) is 11.9 Å². The third-order valence-corrected chi connectivity index (χ3v) is 5.90. The fourth-order valence-electron chi connectivity index (χ4n) is 3.25. The van der Waals surface area contributed by atoms with E-state index in [2.05, 4.69) is 23.0 Å². The molecular weight excluding hydrogens is 296 g/mol. The van der Waals surface area contributed by atoms with Gasteiger partial charge in [0.2, 0.25) is 10.0 Å². The molecule has 4 nitrogen and oxygen atoms in total. The van der Waals surface area contributed by atoms with Crippen LogP contribution in [0.3, 0.4) is 0 Å². The van der Waals surface area contributed by atoms with Gasteiger partial charge in [-0.2, -0.15) is 0 Å². The number of rotatable bonds is 5. The predicted molar refractivity (Wildman–Crippen MR) is 89.6 cm³/mol. The minimum atomic E-state index is -3.41. The lowest BCUT2D eigenvalue weighted by atomic mass is 9.97. The van der Waals surface area contributed by atoms with Gasteiger partial charge < -0.3 is 5.32 Å². The van der Waals surface area contributed by atoms with Crippen LogP contribution in [0.2, 0.25) is 0 Å². The van der Waals surface area contributed by atoms with Crippen molar-refractivity contribution < 1.29 is 8.42 Å². The first-order valence-corrected chi connectivity index (χ1v) is 9.60. The molecule has 0 spiro atoms. The SMILES string of the molecule is C[C@H]1Cc2cc(S(=O)(=O)NCCC3=CCCCC3)ccc2N1. The molecule has 0 unspecified atom stereocenters. The lowest BCUT2D eigenvalue weighted by molar-refractivity contribution is 0.579. The fourth-order valence-corrected chi connectivity index (χ4v) is 4.34. The van der Waals surface area contributed by atoms with Crippen molar-refractivity contribution in [1.82, 2.24) is 4.72 Å². The van der Waals surface area contributed by atoms with Gasteiger partial charge in [0, 0.05) is 18.3 Å². The van der Waals surface area contributed by atoms with Gasteiger partial charge in [0.25, 0.3) is 0 Å². The second-order valence-corrected chi connectivity index (χ2v) is 8.09. The van der Waals surface area contributed by atoms with Crippen molar-refractivity contribution >= 4 is 15.7 Å². The van der Waals surface area contributed by atoms with Crippen LogP contribution in [0.5, 0.6) is 0 Å². The lowest BCUT2D eigenvalue weighted by Crippen LogP contribution is -2.25. The molecule has 1 aromatic rings. The minimum absolute atomic E-state index is 0.374. The number of sulfonamides is 1. The maximum atomic E-state index is 12.4. The summed E-state index contributed by atoms with van der Waals surface area (Å²) in [6.45, 7) is 2.59. The molecule has 1 aliphatic heterocycles. The molecule has 0 saturated heterocycles. The Labute approximate surface area is 133 Å². The normalized spacial score (nSPS) is 21.1. The molecule has 120 valence electrons. The third kappa shape index (κ3) is 3.52. The molecule has 0 radical (unpaired) electrons. The van der Waals surface area contributed by atoms with E-state index in [-0.39, 0.29) is 0 Å². The standard InChI is InChI=1S/C17H24N2O2S/c1-13-11-15-12-16(7-8-17(15)19-13)22(20,21)18-10-9-14-5-3-2-4-6-14/h5,7-8,12-13,18-19H,2-4,6,9-11H2,1H3/t13-/m0/s1. The van der Waals surface area contributed by atoms with Gasteiger partial charge in [-0.15, -0.1) is 0 Å². The number of benzene rings is 1. The molecule has 1 aromatic carbocycles. The number of anilines is 1. The van der Waals surface area contributed by atoms with Crippen molar-refractivity contribution in [3.8, 4) is 0 Å². The third-order valence-electron chi connectivity index (χ3n) is 4.44. The van der Waals surface area contributed by atoms with Crippen LogP contribution in [0, 0.1) is 0 Å². The Morgan fingerprint density at radius 3 is 2.95 bits per heavy atom. The average Bonchev–Trinajstić information content (AvgIpc) is 2.87. The fraction of sp³-hybridized carbons (Fsp3) is 0.529. The summed E-state index contributed by atoms with van der Waals surface area (Å²) >= 11 is 0. The highest BCUT2D eigenvalue weighted by molar-refractivity contribution is 7.89. The van der Waals surface area contributed by atoms with Crippen LogP contribution in [0.4, 0.5) is 5.69 Å². The highest BCUT2D eigenvalue weighted by atomic mass is 32.2. The largest absolute Gasteiger partial charge is 0.382 e. The molecular formula is C17H24N2O2S. The van der Waals surface area contributed by atoms with Gasteiger partial charge in [-0.3, -0.25) is 0 Å². The summed E-state index contributed by atoms with van der Waals surface area (Å²) in [5.41, 5.74) is 3.53. The van der Waals surface area contributed by atoms with E-state index in [4.69, 9.17) is 0 Å². The van der Waals surface area contributed by atoms with Crippen LogP contribution in [0.15, 0.2) is 34.7 Å². The molecule has 0 fully saturated rings. The second-order valence-electron chi connectivity index (χ2n) is 6.32. The molecule has 0 amide bonds. The summed E-state index contributed by atoms with van der Waals surface area (Å²) in [4.78, 5) is 0.375. The van der Waals surface area contributed by atoms with Gasteiger partial charge in [0.1, 0.15) is 0 Å². The van der Waals surface area contributed by atoms with Crippen LogP contribution >= 0.6 is 0 Å². The highest BCUT2D eigenvalue weighted by Gasteiger charge is 2.21. The van der Waals surface area contributed by atoms with Crippen LogP contribution in [-0.2, 0) is 16.4 Å². The summed E-state index contributed by atoms with van der Waals surface area (Å²) in [5.74, 6) is 0. The monoisotopic (exact) mass is 320 g/mol. The van der Waals surface area contributed by atoms with Crippen molar-refractivity contribution in [3.05, 3.63) is 35.4 Å². The maximum absolute atomic E-state index is 12.4. The van der Waals surface area contributed by atoms with Crippen molar-refractivity contribution in [2.24, 2.45) is 0 Å². The number of allylic oxidation sites excluding steroid dienone is 1. The Morgan fingerprint density at radius 1 is 1.32 bits per heavy atom. The summed E-state index contributed by atoms with van der Waals surface area (Å²) in [6, 6.07) is 5.73. The van der Waals surface area contributed by atoms with Crippen molar-refractivity contribution in [3.63, 3.8) is 0 Å². The lowest BCUT2D eigenvalue weighted by Gasteiger charge is -2.13. The molecule has 0 aromatic heterocycles. The molecule has 2 aliphatic rings. The number of fused-ring (bicyclic) bond motifs is 1. The van der Waals surface area contributed by atoms with Crippen LogP contribution in [-0.4, -0.2) is 21.0 Å². The first-order valence-electron chi connectivity index (χ1n) is 8.12. The summed E-state index contributed by atoms with van der Waals surface area (Å²) < 4.78 is 27.5. The van der Waals surface area contributed by atoms with Crippen molar-refractivity contribution in [1.29, 1.82) is 0 Å². The topological polar surface area (TPSA) is 58.2 Å². The summed E-state index contributed by atoms with van der Waals surface area (Å²) in [7, 11) is -3.41. The Kier molecular flexibility index (Phi) is 4.54. The summed E-state index contributed by atoms with van der Waals surface area (Å²) in [5, 5.41) is 3.34. The van der Waals surface area contributed by atoms with E-state index in [1.807, 2.05) is 6.07 Å². The van der Waals surface area contributed by atoms with Gasteiger partial charge in [-0.1, -0.05) is 11.6 Å². The molecule has 3 rings (SSSR count). The zero-order valence-electron chi connectivity index (χ0n) is 13.1. The Bertz CT molecular complexity index is 680.